The summed E-state index contributed by atoms with van der Waals surface area (Å²) >= 11 is 0. The molecule has 184 valence electrons. The van der Waals surface area contributed by atoms with Gasteiger partial charge in [0.15, 0.2) is 0 Å². The number of hydrogen-bond acceptors (Lipinski definition) is 10. The van der Waals surface area contributed by atoms with Crippen LogP contribution in [0.4, 0.5) is 0 Å². The number of nitrogens with zero attached hydrogens (tertiary/aromatic N) is 3. The number of carbonyl (C=O) groups excluding carboxylic acids is 8. The Labute approximate surface area is 197 Å². The van der Waals surface area contributed by atoms with Crippen LogP contribution in [0, 0.1) is 0 Å². The zero-order valence-electron chi connectivity index (χ0n) is 18.1. The number of hydrogen-bond donors (Lipinski definition) is 1. The standard InChI is InChI=1S/C14H12N2O7.C7H7NO4/c17-9-1-2-10(18)15(9)7-5-13(21)23-14(22)6-8-16-11(19)3-4-12(16)20;9-5-1-2-6(10)8(5)4-3-7(11)12/h1-4H,5-8H2;1-2H,3-4H2,(H,11,12). The smallest absolute Gasteiger partial charge is 0.315 e. The number of carbonyl (C=O) groups is 9. The first-order valence-electron chi connectivity index (χ1n) is 10.1. The second-order valence-corrected chi connectivity index (χ2v) is 6.97. The molecule has 3 rings (SSSR count). The molecule has 0 aromatic carbocycles. The molecule has 0 saturated heterocycles. The van der Waals surface area contributed by atoms with Crippen molar-refractivity contribution < 1.29 is 53.0 Å². The van der Waals surface area contributed by atoms with Crippen LogP contribution in [-0.2, 0) is 47.9 Å². The average molecular weight is 489 g/mol. The summed E-state index contributed by atoms with van der Waals surface area (Å²) in [7, 11) is 0. The maximum absolute atomic E-state index is 11.5. The molecule has 0 unspecified atom stereocenters. The molecule has 0 aromatic heterocycles. The van der Waals surface area contributed by atoms with Crippen LogP contribution in [0.3, 0.4) is 0 Å². The van der Waals surface area contributed by atoms with Crippen molar-refractivity contribution in [3.63, 3.8) is 0 Å². The number of carboxylic acids is 1. The van der Waals surface area contributed by atoms with Crippen molar-refractivity contribution in [3.8, 4) is 0 Å². The fourth-order valence-corrected chi connectivity index (χ4v) is 2.80. The topological polar surface area (TPSA) is 193 Å². The van der Waals surface area contributed by atoms with E-state index in [9.17, 15) is 43.2 Å². The van der Waals surface area contributed by atoms with E-state index in [1.165, 1.54) is 0 Å². The van der Waals surface area contributed by atoms with Gasteiger partial charge >= 0.3 is 17.9 Å². The van der Waals surface area contributed by atoms with Gasteiger partial charge in [-0.15, -0.1) is 0 Å². The Balaban J connectivity index is 0.000000303. The Kier molecular flexibility index (Phi) is 9.03. The largest absolute Gasteiger partial charge is 0.481 e. The number of carboxylic acid groups (broad SMARTS) is 1. The quantitative estimate of drug-likeness (QED) is 0.215. The second kappa shape index (κ2) is 11.9. The van der Waals surface area contributed by atoms with Crippen molar-refractivity contribution in [2.24, 2.45) is 0 Å². The molecular weight excluding hydrogens is 470 g/mol. The summed E-state index contributed by atoms with van der Waals surface area (Å²) in [5.74, 6) is -5.86. The lowest BCUT2D eigenvalue weighted by Crippen LogP contribution is -2.34. The van der Waals surface area contributed by atoms with E-state index in [0.717, 1.165) is 51.2 Å². The molecule has 0 aromatic rings. The molecule has 0 radical (unpaired) electrons. The van der Waals surface area contributed by atoms with Crippen LogP contribution in [0.1, 0.15) is 19.3 Å². The van der Waals surface area contributed by atoms with Crippen molar-refractivity contribution in [1.82, 2.24) is 14.7 Å². The Morgan fingerprint density at radius 2 is 0.800 bits per heavy atom. The maximum Gasteiger partial charge on any atom is 0.315 e. The minimum absolute atomic E-state index is 0.0556. The molecule has 0 atom stereocenters. The highest BCUT2D eigenvalue weighted by molar-refractivity contribution is 6.14. The van der Waals surface area contributed by atoms with Gasteiger partial charge < -0.3 is 9.84 Å². The van der Waals surface area contributed by atoms with Gasteiger partial charge in [0.1, 0.15) is 0 Å². The van der Waals surface area contributed by atoms with Crippen LogP contribution in [0.5, 0.6) is 0 Å². The molecule has 6 amide bonds. The van der Waals surface area contributed by atoms with Crippen LogP contribution in [0.25, 0.3) is 0 Å². The molecule has 0 fully saturated rings. The molecule has 3 aliphatic rings. The molecule has 0 saturated carbocycles. The summed E-state index contributed by atoms with van der Waals surface area (Å²) < 4.78 is 4.49. The average Bonchev–Trinajstić information content (AvgIpc) is 3.40. The summed E-state index contributed by atoms with van der Waals surface area (Å²) in [5.41, 5.74) is 0. The van der Waals surface area contributed by atoms with Gasteiger partial charge in [-0.3, -0.25) is 57.9 Å². The van der Waals surface area contributed by atoms with E-state index in [2.05, 4.69) is 4.74 Å². The molecule has 1 N–H and O–H groups in total. The molecule has 3 heterocycles. The summed E-state index contributed by atoms with van der Waals surface area (Å²) in [5, 5.41) is 8.28. The zero-order valence-corrected chi connectivity index (χ0v) is 18.1. The predicted octanol–water partition coefficient (Wildman–Crippen LogP) is -1.93. The Hall–Kier alpha value is -4.75. The van der Waals surface area contributed by atoms with Gasteiger partial charge in [-0.05, 0) is 0 Å². The van der Waals surface area contributed by atoms with Gasteiger partial charge in [0.05, 0.1) is 19.3 Å². The van der Waals surface area contributed by atoms with Crippen molar-refractivity contribution >= 4 is 53.4 Å². The fourth-order valence-electron chi connectivity index (χ4n) is 2.80. The highest BCUT2D eigenvalue weighted by Gasteiger charge is 2.26. The Morgan fingerprint density at radius 1 is 0.543 bits per heavy atom. The lowest BCUT2D eigenvalue weighted by molar-refractivity contribution is -0.160. The lowest BCUT2D eigenvalue weighted by Gasteiger charge is -2.13. The number of imide groups is 3. The molecule has 35 heavy (non-hydrogen) atoms. The van der Waals surface area contributed by atoms with Crippen LogP contribution in [0.15, 0.2) is 36.5 Å². The zero-order chi connectivity index (χ0) is 26.1. The highest BCUT2D eigenvalue weighted by Crippen LogP contribution is 2.07. The summed E-state index contributed by atoms with van der Waals surface area (Å²) in [6.45, 7) is -0.437. The van der Waals surface area contributed by atoms with E-state index in [1.807, 2.05) is 0 Å². The number of rotatable bonds is 9. The fraction of sp³-hybridized carbons (Fsp3) is 0.286. The molecule has 0 bridgehead atoms. The van der Waals surface area contributed by atoms with Crippen LogP contribution < -0.4 is 0 Å². The van der Waals surface area contributed by atoms with Crippen LogP contribution in [0.2, 0.25) is 0 Å². The number of amides is 6. The molecule has 0 spiro atoms. The molecule has 14 nitrogen and oxygen atoms in total. The first-order chi connectivity index (χ1) is 16.5. The van der Waals surface area contributed by atoms with Crippen molar-refractivity contribution in [3.05, 3.63) is 36.5 Å². The Morgan fingerprint density at radius 3 is 1.06 bits per heavy atom. The van der Waals surface area contributed by atoms with E-state index < -0.39 is 53.4 Å². The van der Waals surface area contributed by atoms with E-state index in [0.29, 0.717) is 0 Å². The lowest BCUT2D eigenvalue weighted by atomic mass is 10.3. The molecule has 0 aliphatic carbocycles. The van der Waals surface area contributed by atoms with Gasteiger partial charge in [-0.1, -0.05) is 0 Å². The summed E-state index contributed by atoms with van der Waals surface area (Å²) in [4.78, 5) is 102. The maximum atomic E-state index is 11.5. The van der Waals surface area contributed by atoms with Crippen LogP contribution >= 0.6 is 0 Å². The second-order valence-electron chi connectivity index (χ2n) is 6.97. The van der Waals surface area contributed by atoms with E-state index in [-0.39, 0.29) is 38.9 Å². The normalized spacial score (nSPS) is 16.4. The minimum Gasteiger partial charge on any atom is -0.481 e. The van der Waals surface area contributed by atoms with Crippen molar-refractivity contribution in [2.45, 2.75) is 19.3 Å². The number of esters is 2. The van der Waals surface area contributed by atoms with E-state index >= 15 is 0 Å². The monoisotopic (exact) mass is 489 g/mol. The SMILES string of the molecule is O=C(CCN1C(=O)C=CC1=O)OC(=O)CCN1C(=O)C=CC1=O.O=C(O)CCN1C(=O)C=CC1=O. The number of aliphatic carboxylic acids is 1. The minimum atomic E-state index is -1.03. The van der Waals surface area contributed by atoms with Gasteiger partial charge in [0, 0.05) is 56.1 Å². The summed E-state index contributed by atoms with van der Waals surface area (Å²) in [6.07, 6.45) is 5.72. The third kappa shape index (κ3) is 7.66. The highest BCUT2D eigenvalue weighted by atomic mass is 16.6. The first-order valence-corrected chi connectivity index (χ1v) is 10.1. The van der Waals surface area contributed by atoms with Crippen molar-refractivity contribution in [1.29, 1.82) is 0 Å². The third-order valence-corrected chi connectivity index (χ3v) is 4.56. The van der Waals surface area contributed by atoms with Gasteiger partial charge in [-0.2, -0.15) is 0 Å². The van der Waals surface area contributed by atoms with E-state index in [1.54, 1.807) is 0 Å². The van der Waals surface area contributed by atoms with Crippen LogP contribution in [-0.4, -0.2) is 92.8 Å². The van der Waals surface area contributed by atoms with E-state index in [4.69, 9.17) is 5.11 Å². The van der Waals surface area contributed by atoms with Gasteiger partial charge in [-0.25, -0.2) is 0 Å². The molecular formula is C21H19N3O11. The van der Waals surface area contributed by atoms with Gasteiger partial charge in [0.2, 0.25) is 0 Å². The Bertz CT molecular complexity index is 976. The summed E-state index contributed by atoms with van der Waals surface area (Å²) in [6, 6.07) is 0. The predicted molar refractivity (Wildman–Crippen MR) is 110 cm³/mol. The third-order valence-electron chi connectivity index (χ3n) is 4.56. The molecule has 14 heteroatoms. The number of ether oxygens (including phenoxy) is 1. The van der Waals surface area contributed by atoms with Crippen molar-refractivity contribution in [2.75, 3.05) is 19.6 Å². The molecule has 3 aliphatic heterocycles. The van der Waals surface area contributed by atoms with Gasteiger partial charge in [0.25, 0.3) is 35.4 Å². The first kappa shape index (κ1) is 26.5.